The van der Waals surface area contributed by atoms with Gasteiger partial charge in [-0.25, -0.2) is 13.8 Å². The average Bonchev–Trinajstić information content (AvgIpc) is 3.32. The van der Waals surface area contributed by atoms with E-state index in [0.29, 0.717) is 46.7 Å². The monoisotopic (exact) mass is 463 g/mol. The zero-order valence-electron chi connectivity index (χ0n) is 18.6. The third-order valence-electron chi connectivity index (χ3n) is 6.64. The van der Waals surface area contributed by atoms with Gasteiger partial charge in [-0.2, -0.15) is 0 Å². The number of halogens is 2. The molecule has 2 heterocycles. The summed E-state index contributed by atoms with van der Waals surface area (Å²) in [5, 5.41) is 3.00. The van der Waals surface area contributed by atoms with E-state index in [2.05, 4.69) is 10.3 Å². The van der Waals surface area contributed by atoms with Crippen LogP contribution >= 0.6 is 0 Å². The molecule has 0 spiro atoms. The van der Waals surface area contributed by atoms with Crippen molar-refractivity contribution in [1.29, 1.82) is 0 Å². The van der Waals surface area contributed by atoms with E-state index >= 15 is 0 Å². The van der Waals surface area contributed by atoms with Crippen molar-refractivity contribution in [3.8, 4) is 0 Å². The molecule has 34 heavy (non-hydrogen) atoms. The number of Topliss-reactive ketones (excluding diaryl/α,β-unsaturated/α-hetero) is 1. The molecular weight excluding hydrogens is 440 g/mol. The minimum Gasteiger partial charge on any atom is -0.447 e. The number of amides is 1. The zero-order chi connectivity index (χ0) is 23.8. The molecule has 5 rings (SSSR count). The van der Waals surface area contributed by atoms with Crippen LogP contribution in [-0.2, 0) is 22.7 Å². The maximum Gasteiger partial charge on any atom is 0.254 e. The van der Waals surface area contributed by atoms with Crippen LogP contribution in [-0.4, -0.2) is 21.6 Å². The van der Waals surface area contributed by atoms with Gasteiger partial charge in [0.05, 0.1) is 24.4 Å². The number of ketones is 1. The molecule has 0 radical (unpaired) electrons. The number of carbonyl (C=O) groups is 2. The summed E-state index contributed by atoms with van der Waals surface area (Å²) in [7, 11) is 0. The average molecular weight is 463 g/mol. The summed E-state index contributed by atoms with van der Waals surface area (Å²) in [4.78, 5) is 32.0. The summed E-state index contributed by atoms with van der Waals surface area (Å²) in [5.41, 5.74) is 2.54. The summed E-state index contributed by atoms with van der Waals surface area (Å²) in [5.74, 6) is -1.10. The van der Waals surface area contributed by atoms with Crippen LogP contribution in [0.3, 0.4) is 0 Å². The summed E-state index contributed by atoms with van der Waals surface area (Å²) in [6.07, 6.45) is 4.09. The number of nitrogens with zero attached hydrogens (tertiary/aromatic N) is 2. The van der Waals surface area contributed by atoms with Crippen molar-refractivity contribution >= 4 is 17.3 Å². The Bertz CT molecular complexity index is 1270. The second kappa shape index (κ2) is 8.85. The molecule has 0 saturated heterocycles. The molecule has 2 atom stereocenters. The van der Waals surface area contributed by atoms with Crippen LogP contribution in [0.15, 0.2) is 65.0 Å². The first-order valence-corrected chi connectivity index (χ1v) is 11.1. The Morgan fingerprint density at radius 3 is 2.68 bits per heavy atom. The van der Waals surface area contributed by atoms with Crippen LogP contribution in [0.4, 0.5) is 8.78 Å². The molecule has 1 aliphatic carbocycles. The normalized spacial score (nSPS) is 18.4. The van der Waals surface area contributed by atoms with Crippen molar-refractivity contribution in [3.05, 3.63) is 94.8 Å². The maximum absolute atomic E-state index is 14.8. The van der Waals surface area contributed by atoms with E-state index in [9.17, 15) is 18.4 Å². The highest BCUT2D eigenvalue weighted by Gasteiger charge is 2.38. The third kappa shape index (κ3) is 4.00. The van der Waals surface area contributed by atoms with Gasteiger partial charge in [0.1, 0.15) is 23.7 Å². The molecule has 1 unspecified atom stereocenters. The first-order valence-electron chi connectivity index (χ1n) is 11.1. The second-order valence-electron chi connectivity index (χ2n) is 8.62. The van der Waals surface area contributed by atoms with Crippen LogP contribution in [0, 0.1) is 17.6 Å². The summed E-state index contributed by atoms with van der Waals surface area (Å²) in [6.45, 7) is 2.33. The molecule has 0 bridgehead atoms. The quantitative estimate of drug-likeness (QED) is 0.581. The fraction of sp³-hybridized carbons (Fsp3) is 0.269. The Labute approximate surface area is 195 Å². The molecule has 1 fully saturated rings. The Morgan fingerprint density at radius 1 is 1.24 bits per heavy atom. The van der Waals surface area contributed by atoms with E-state index in [1.807, 2.05) is 4.90 Å². The first-order chi connectivity index (χ1) is 16.4. The van der Waals surface area contributed by atoms with Crippen molar-refractivity contribution in [1.82, 2.24) is 15.2 Å². The lowest BCUT2D eigenvalue weighted by Gasteiger charge is -2.36. The predicted molar refractivity (Wildman–Crippen MR) is 120 cm³/mol. The van der Waals surface area contributed by atoms with Crippen molar-refractivity contribution < 1.29 is 22.8 Å². The molecule has 6 nitrogen and oxygen atoms in total. The van der Waals surface area contributed by atoms with Crippen molar-refractivity contribution in [3.63, 3.8) is 0 Å². The molecule has 1 amide bonds. The van der Waals surface area contributed by atoms with Gasteiger partial charge in [0.2, 0.25) is 5.89 Å². The molecule has 174 valence electrons. The Balaban J connectivity index is 1.52. The minimum atomic E-state index is -0.603. The van der Waals surface area contributed by atoms with Crippen molar-refractivity contribution in [2.75, 3.05) is 0 Å². The van der Waals surface area contributed by atoms with Gasteiger partial charge in [0.25, 0.3) is 5.91 Å². The Kier molecular flexibility index (Phi) is 5.73. The third-order valence-corrected chi connectivity index (χ3v) is 6.64. The highest BCUT2D eigenvalue weighted by molar-refractivity contribution is 6.21. The lowest BCUT2D eigenvalue weighted by Crippen LogP contribution is -2.42. The van der Waals surface area contributed by atoms with Gasteiger partial charge in [-0.3, -0.25) is 9.59 Å². The van der Waals surface area contributed by atoms with Gasteiger partial charge in [-0.1, -0.05) is 24.3 Å². The number of allylic oxidation sites excluding steroid dienone is 1. The molecule has 1 saturated carbocycles. The Hall–Kier alpha value is -3.81. The number of benzene rings is 2. The molecule has 8 heteroatoms. The van der Waals surface area contributed by atoms with E-state index in [4.69, 9.17) is 4.42 Å². The molecule has 2 aromatic carbocycles. The lowest BCUT2D eigenvalue weighted by molar-refractivity contribution is -0.131. The van der Waals surface area contributed by atoms with Gasteiger partial charge < -0.3 is 14.6 Å². The highest BCUT2D eigenvalue weighted by atomic mass is 19.1. The van der Waals surface area contributed by atoms with Crippen LogP contribution in [0.25, 0.3) is 5.57 Å². The van der Waals surface area contributed by atoms with E-state index in [1.165, 1.54) is 30.7 Å². The van der Waals surface area contributed by atoms with Crippen molar-refractivity contribution in [2.24, 2.45) is 5.92 Å². The summed E-state index contributed by atoms with van der Waals surface area (Å²) in [6, 6.07) is 9.84. The predicted octanol–water partition coefficient (Wildman–Crippen LogP) is 4.54. The van der Waals surface area contributed by atoms with Gasteiger partial charge >= 0.3 is 0 Å². The van der Waals surface area contributed by atoms with E-state index < -0.39 is 23.6 Å². The number of carbonyl (C=O) groups excluding carboxylic acids is 2. The SMILES string of the molecule is CC1=C(C(=O)N[C@H](c2ccc(F)cc2)C2CCC2=O)c2cccc(F)c2CN1Cc1ncco1. The number of hydrogen-bond acceptors (Lipinski definition) is 5. The summed E-state index contributed by atoms with van der Waals surface area (Å²) < 4.78 is 33.7. The first kappa shape index (κ1) is 22.0. The van der Waals surface area contributed by atoms with Gasteiger partial charge in [-0.15, -0.1) is 0 Å². The van der Waals surface area contributed by atoms with Crippen LogP contribution in [0.2, 0.25) is 0 Å². The number of oxazole rings is 1. The molecule has 2 aliphatic rings. The van der Waals surface area contributed by atoms with Crippen molar-refractivity contribution in [2.45, 2.75) is 38.9 Å². The number of nitrogens with one attached hydrogen (secondary N) is 1. The molecular formula is C26H23F2N3O3. The molecule has 3 aromatic rings. The minimum absolute atomic E-state index is 0.0564. The van der Waals surface area contributed by atoms with Gasteiger partial charge in [0, 0.05) is 30.1 Å². The van der Waals surface area contributed by atoms with Crippen LogP contribution in [0.5, 0.6) is 0 Å². The number of aromatic nitrogens is 1. The zero-order valence-corrected chi connectivity index (χ0v) is 18.6. The van der Waals surface area contributed by atoms with E-state index in [-0.39, 0.29) is 24.8 Å². The van der Waals surface area contributed by atoms with Gasteiger partial charge in [-0.05, 0) is 42.7 Å². The number of fused-ring (bicyclic) bond motifs is 1. The Morgan fingerprint density at radius 2 is 2.03 bits per heavy atom. The highest BCUT2D eigenvalue weighted by Crippen LogP contribution is 2.38. The van der Waals surface area contributed by atoms with Crippen LogP contribution < -0.4 is 5.32 Å². The topological polar surface area (TPSA) is 75.4 Å². The molecule has 1 aromatic heterocycles. The largest absolute Gasteiger partial charge is 0.447 e. The number of hydrogen-bond donors (Lipinski definition) is 1. The molecule has 1 N–H and O–H groups in total. The lowest BCUT2D eigenvalue weighted by atomic mass is 9.75. The second-order valence-corrected chi connectivity index (χ2v) is 8.62. The molecule has 1 aliphatic heterocycles. The van der Waals surface area contributed by atoms with E-state index in [0.717, 1.165) is 0 Å². The maximum atomic E-state index is 14.8. The van der Waals surface area contributed by atoms with Crippen LogP contribution in [0.1, 0.15) is 48.4 Å². The summed E-state index contributed by atoms with van der Waals surface area (Å²) >= 11 is 0. The smallest absolute Gasteiger partial charge is 0.254 e. The van der Waals surface area contributed by atoms with E-state index in [1.54, 1.807) is 31.2 Å². The van der Waals surface area contributed by atoms with Gasteiger partial charge in [0.15, 0.2) is 0 Å². The fourth-order valence-corrected chi connectivity index (χ4v) is 4.65. The standard InChI is InChI=1S/C26H23F2N3O3/c1-15-24(18-3-2-4-21(28)20(18)13-31(15)14-23-29-11-12-34-23)26(33)30-25(19-9-10-22(19)32)16-5-7-17(27)8-6-16/h2-8,11-12,19,25H,9-10,13-14H2,1H3,(H,30,33)/t19?,25-/m1/s1. The fourth-order valence-electron chi connectivity index (χ4n) is 4.65. The number of rotatable bonds is 6.